The molecule has 2 aromatic carbocycles. The number of carbonyl (C=O) groups excluding carboxylic acids is 2. The summed E-state index contributed by atoms with van der Waals surface area (Å²) in [6, 6.07) is 14.9. The van der Waals surface area contributed by atoms with E-state index in [9.17, 15) is 9.59 Å². The number of hydrogen-bond acceptors (Lipinski definition) is 6. The molecule has 30 heavy (non-hydrogen) atoms. The summed E-state index contributed by atoms with van der Waals surface area (Å²) in [6.45, 7) is 2.53. The number of aliphatic imine (C=N–C) groups is 1. The third-order valence-corrected chi connectivity index (χ3v) is 6.30. The Labute approximate surface area is 184 Å². The molecule has 2 atom stereocenters. The topological polar surface area (TPSA) is 85.8 Å². The summed E-state index contributed by atoms with van der Waals surface area (Å²) in [7, 11) is 0. The van der Waals surface area contributed by atoms with Crippen molar-refractivity contribution in [2.45, 2.75) is 19.5 Å². The Morgan fingerprint density at radius 2 is 2.03 bits per heavy atom. The molecule has 1 saturated heterocycles. The molecule has 0 aliphatic carbocycles. The fourth-order valence-electron chi connectivity index (χ4n) is 3.49. The van der Waals surface area contributed by atoms with Crippen molar-refractivity contribution >= 4 is 51.7 Å². The third-order valence-electron chi connectivity index (χ3n) is 5.03. The molecular formula is C21H22ClN5O2S. The van der Waals surface area contributed by atoms with Gasteiger partial charge >= 0.3 is 0 Å². The molecule has 4 rings (SSSR count). The van der Waals surface area contributed by atoms with Crippen LogP contribution in [0, 0.1) is 5.92 Å². The maximum atomic E-state index is 13.2. The van der Waals surface area contributed by atoms with Gasteiger partial charge in [0.25, 0.3) is 0 Å². The first-order valence-electron chi connectivity index (χ1n) is 9.73. The molecule has 1 fully saturated rings. The number of amides is 2. The van der Waals surface area contributed by atoms with Crippen molar-refractivity contribution in [1.82, 2.24) is 10.9 Å². The van der Waals surface area contributed by atoms with Crippen molar-refractivity contribution in [3.8, 4) is 0 Å². The highest BCUT2D eigenvalue weighted by molar-refractivity contribution is 8.14. The molecule has 156 valence electrons. The number of anilines is 2. The van der Waals surface area contributed by atoms with Crippen LogP contribution < -0.4 is 21.1 Å². The van der Waals surface area contributed by atoms with Crippen molar-refractivity contribution in [3.05, 3.63) is 59.1 Å². The van der Waals surface area contributed by atoms with Crippen LogP contribution in [0.15, 0.2) is 53.5 Å². The number of hydrazine groups is 1. The lowest BCUT2D eigenvalue weighted by Gasteiger charge is -2.32. The molecule has 2 unspecified atom stereocenters. The quantitative estimate of drug-likeness (QED) is 0.661. The molecule has 3 N–H and O–H groups in total. The zero-order chi connectivity index (χ0) is 21.1. The first kappa shape index (κ1) is 20.9. The Kier molecular flexibility index (Phi) is 6.38. The first-order valence-corrected chi connectivity index (χ1v) is 11.1. The van der Waals surface area contributed by atoms with Crippen LogP contribution >= 0.6 is 23.4 Å². The molecule has 0 bridgehead atoms. The van der Waals surface area contributed by atoms with E-state index in [1.54, 1.807) is 12.1 Å². The van der Waals surface area contributed by atoms with E-state index in [-0.39, 0.29) is 29.7 Å². The standard InChI is InChI=1S/C21H22ClN5O2S/c1-2-13-7-3-5-9-16(13)24-18(28)12-30-21-25-19-14(11-23-26-19)20(29)27(21)17-10-6-4-8-15(17)22/h3-10,14,19,23,26H,2,11-12H2,1H3,(H,24,28). The molecule has 2 heterocycles. The highest BCUT2D eigenvalue weighted by Crippen LogP contribution is 2.33. The zero-order valence-corrected chi connectivity index (χ0v) is 18.0. The van der Waals surface area contributed by atoms with Crippen molar-refractivity contribution in [2.24, 2.45) is 10.9 Å². The number of benzene rings is 2. The molecule has 7 nitrogen and oxygen atoms in total. The lowest BCUT2D eigenvalue weighted by molar-refractivity contribution is -0.121. The molecule has 2 aromatic rings. The minimum absolute atomic E-state index is 0.0974. The Balaban J connectivity index is 1.54. The van der Waals surface area contributed by atoms with Crippen LogP contribution in [-0.4, -0.2) is 35.4 Å². The number of nitrogens with one attached hydrogen (secondary N) is 3. The average molecular weight is 444 g/mol. The molecule has 2 amide bonds. The molecular weight excluding hydrogens is 422 g/mol. The van der Waals surface area contributed by atoms with Crippen LogP contribution in [-0.2, 0) is 16.0 Å². The van der Waals surface area contributed by atoms with Gasteiger partial charge in [-0.05, 0) is 30.2 Å². The smallest absolute Gasteiger partial charge is 0.241 e. The van der Waals surface area contributed by atoms with Crippen LogP contribution in [0.25, 0.3) is 0 Å². The summed E-state index contributed by atoms with van der Waals surface area (Å²) in [5, 5.41) is 3.86. The van der Waals surface area contributed by atoms with Gasteiger partial charge in [-0.25, -0.2) is 10.4 Å². The van der Waals surface area contributed by atoms with Gasteiger partial charge in [0.05, 0.1) is 22.4 Å². The van der Waals surface area contributed by atoms with Crippen molar-refractivity contribution in [1.29, 1.82) is 0 Å². The zero-order valence-electron chi connectivity index (χ0n) is 16.4. The van der Waals surface area contributed by atoms with Crippen LogP contribution in [0.5, 0.6) is 0 Å². The first-order chi connectivity index (χ1) is 14.6. The van der Waals surface area contributed by atoms with E-state index in [0.717, 1.165) is 17.7 Å². The van der Waals surface area contributed by atoms with E-state index >= 15 is 0 Å². The van der Waals surface area contributed by atoms with Crippen LogP contribution in [0.3, 0.4) is 0 Å². The van der Waals surface area contributed by atoms with Gasteiger partial charge in [0.15, 0.2) is 5.17 Å². The summed E-state index contributed by atoms with van der Waals surface area (Å²) in [4.78, 5) is 32.0. The molecule has 0 aromatic heterocycles. The number of amidine groups is 1. The Morgan fingerprint density at radius 1 is 1.27 bits per heavy atom. The lowest BCUT2D eigenvalue weighted by atomic mass is 10.0. The molecule has 0 spiro atoms. The highest BCUT2D eigenvalue weighted by Gasteiger charge is 2.42. The van der Waals surface area contributed by atoms with Crippen molar-refractivity contribution < 1.29 is 9.59 Å². The number of aryl methyl sites for hydroxylation is 1. The van der Waals surface area contributed by atoms with Gasteiger partial charge in [0, 0.05) is 12.2 Å². The number of carbonyl (C=O) groups is 2. The Bertz CT molecular complexity index is 999. The summed E-state index contributed by atoms with van der Waals surface area (Å²) >= 11 is 7.58. The van der Waals surface area contributed by atoms with Crippen LogP contribution in [0.4, 0.5) is 11.4 Å². The minimum Gasteiger partial charge on any atom is -0.325 e. The highest BCUT2D eigenvalue weighted by atomic mass is 35.5. The predicted octanol–water partition coefficient (Wildman–Crippen LogP) is 3.03. The number of fused-ring (bicyclic) bond motifs is 1. The average Bonchev–Trinajstić information content (AvgIpc) is 3.23. The second-order valence-electron chi connectivity index (χ2n) is 6.96. The van der Waals surface area contributed by atoms with Gasteiger partial charge < -0.3 is 5.32 Å². The van der Waals surface area contributed by atoms with E-state index in [4.69, 9.17) is 11.6 Å². The van der Waals surface area contributed by atoms with Gasteiger partial charge in [-0.15, -0.1) is 0 Å². The fraction of sp³-hybridized carbons (Fsp3) is 0.286. The SMILES string of the molecule is CCc1ccccc1NC(=O)CSC1=NC2NNCC2C(=O)N1c1ccccc1Cl. The van der Waals surface area contributed by atoms with E-state index in [1.165, 1.54) is 16.7 Å². The van der Waals surface area contributed by atoms with Gasteiger partial charge in [0.1, 0.15) is 6.17 Å². The van der Waals surface area contributed by atoms with Crippen LogP contribution in [0.2, 0.25) is 5.02 Å². The number of nitrogens with zero attached hydrogens (tertiary/aromatic N) is 2. The van der Waals surface area contributed by atoms with E-state index in [0.29, 0.717) is 22.4 Å². The monoisotopic (exact) mass is 443 g/mol. The van der Waals surface area contributed by atoms with Gasteiger partial charge in [-0.3, -0.25) is 19.9 Å². The molecule has 0 radical (unpaired) electrons. The van der Waals surface area contributed by atoms with E-state index < -0.39 is 0 Å². The van der Waals surface area contributed by atoms with Crippen LogP contribution in [0.1, 0.15) is 12.5 Å². The molecule has 2 aliphatic heterocycles. The summed E-state index contributed by atoms with van der Waals surface area (Å²) in [6.07, 6.45) is 0.468. The summed E-state index contributed by atoms with van der Waals surface area (Å²) in [5.41, 5.74) is 8.44. The molecule has 2 aliphatic rings. The maximum Gasteiger partial charge on any atom is 0.241 e. The lowest BCUT2D eigenvalue weighted by Crippen LogP contribution is -2.49. The second kappa shape index (κ2) is 9.18. The predicted molar refractivity (Wildman–Crippen MR) is 122 cm³/mol. The second-order valence-corrected chi connectivity index (χ2v) is 8.31. The largest absolute Gasteiger partial charge is 0.325 e. The van der Waals surface area contributed by atoms with E-state index in [1.807, 2.05) is 43.3 Å². The maximum absolute atomic E-state index is 13.2. The third kappa shape index (κ3) is 4.22. The number of halogens is 1. The fourth-order valence-corrected chi connectivity index (χ4v) is 4.55. The number of hydrogen-bond donors (Lipinski definition) is 3. The number of thioether (sulfide) groups is 1. The number of para-hydroxylation sites is 2. The van der Waals surface area contributed by atoms with Gasteiger partial charge in [0.2, 0.25) is 11.8 Å². The molecule has 0 saturated carbocycles. The van der Waals surface area contributed by atoms with Gasteiger partial charge in [-0.1, -0.05) is 60.6 Å². The van der Waals surface area contributed by atoms with Crippen molar-refractivity contribution in [3.63, 3.8) is 0 Å². The summed E-state index contributed by atoms with van der Waals surface area (Å²) in [5.74, 6) is -0.457. The Hall–Kier alpha value is -2.39. The molecule has 9 heteroatoms. The van der Waals surface area contributed by atoms with E-state index in [2.05, 4.69) is 21.2 Å². The number of rotatable bonds is 5. The van der Waals surface area contributed by atoms with Gasteiger partial charge in [-0.2, -0.15) is 0 Å². The minimum atomic E-state index is -0.359. The summed E-state index contributed by atoms with van der Waals surface area (Å²) < 4.78 is 0. The van der Waals surface area contributed by atoms with Crippen molar-refractivity contribution in [2.75, 3.05) is 22.5 Å². The normalized spacial score (nSPS) is 20.7. The Morgan fingerprint density at radius 3 is 2.83 bits per heavy atom.